The zero-order valence-electron chi connectivity index (χ0n) is 18.7. The number of amides is 1. The van der Waals surface area contributed by atoms with Gasteiger partial charge in [0, 0.05) is 34.3 Å². The summed E-state index contributed by atoms with van der Waals surface area (Å²) in [6.07, 6.45) is 1.17. The Bertz CT molecular complexity index is 1150. The summed E-state index contributed by atoms with van der Waals surface area (Å²) < 4.78 is 5.38. The standard InChI is InChI=1S/C26H27ClN2O3/c1-15-22(25(31)29-18-10-5-6-11-21(18)32-4)23(16-8-7-9-17(27)12-16)24-19(28-15)13-26(2,3)14-20(24)30/h5-12,23-24H,13-14H2,1-4H3,(H,29,31)/t23-,24-/m1/s1. The van der Waals surface area contributed by atoms with Crippen LogP contribution in [0.25, 0.3) is 0 Å². The van der Waals surface area contributed by atoms with E-state index in [0.717, 1.165) is 17.7 Å². The molecule has 2 aliphatic rings. The van der Waals surface area contributed by atoms with Crippen molar-refractivity contribution in [2.75, 3.05) is 12.4 Å². The van der Waals surface area contributed by atoms with Gasteiger partial charge in [-0.2, -0.15) is 0 Å². The number of ether oxygens (including phenoxy) is 1. The minimum atomic E-state index is -0.469. The molecule has 0 radical (unpaired) electrons. The van der Waals surface area contributed by atoms with Gasteiger partial charge in [-0.25, -0.2) is 0 Å². The number of para-hydroxylation sites is 2. The Balaban J connectivity index is 1.82. The second-order valence-electron chi connectivity index (χ2n) is 9.25. The molecule has 0 spiro atoms. The predicted octanol–water partition coefficient (Wildman–Crippen LogP) is 5.80. The molecule has 1 heterocycles. The van der Waals surface area contributed by atoms with E-state index in [0.29, 0.717) is 34.2 Å². The molecule has 166 valence electrons. The molecule has 2 aromatic rings. The topological polar surface area (TPSA) is 67.8 Å². The SMILES string of the molecule is COc1ccccc1NC(=O)C1=C(C)N=C2CC(C)(C)CC(=O)[C@@H]2[C@@H]1c1cccc(Cl)c1. The summed E-state index contributed by atoms with van der Waals surface area (Å²) in [6.45, 7) is 6.01. The van der Waals surface area contributed by atoms with Gasteiger partial charge in [-0.3, -0.25) is 14.6 Å². The third kappa shape index (κ3) is 4.22. The van der Waals surface area contributed by atoms with E-state index in [4.69, 9.17) is 21.3 Å². The molecule has 1 aliphatic carbocycles. The number of Topliss-reactive ketones (excluding diaryl/α,β-unsaturated/α-hetero) is 1. The third-order valence-corrected chi connectivity index (χ3v) is 6.41. The van der Waals surface area contributed by atoms with Gasteiger partial charge in [-0.05, 0) is 48.6 Å². The van der Waals surface area contributed by atoms with E-state index in [1.165, 1.54) is 0 Å². The smallest absolute Gasteiger partial charge is 0.254 e. The minimum Gasteiger partial charge on any atom is -0.495 e. The summed E-state index contributed by atoms with van der Waals surface area (Å²) in [6, 6.07) is 14.7. The summed E-state index contributed by atoms with van der Waals surface area (Å²) in [7, 11) is 1.56. The number of methoxy groups -OCH3 is 1. The van der Waals surface area contributed by atoms with E-state index in [1.54, 1.807) is 25.3 Å². The van der Waals surface area contributed by atoms with Crippen molar-refractivity contribution in [3.8, 4) is 5.75 Å². The Morgan fingerprint density at radius 3 is 2.59 bits per heavy atom. The molecule has 1 aliphatic heterocycles. The minimum absolute atomic E-state index is 0.111. The van der Waals surface area contributed by atoms with Gasteiger partial charge >= 0.3 is 0 Å². The first-order valence-corrected chi connectivity index (χ1v) is 11.1. The average molecular weight is 451 g/mol. The lowest BCUT2D eigenvalue weighted by Gasteiger charge is -2.41. The third-order valence-electron chi connectivity index (χ3n) is 6.17. The van der Waals surface area contributed by atoms with E-state index in [2.05, 4.69) is 19.2 Å². The van der Waals surface area contributed by atoms with Crippen molar-refractivity contribution in [2.24, 2.45) is 16.3 Å². The molecular formula is C26H27ClN2O3. The van der Waals surface area contributed by atoms with Gasteiger partial charge in [-0.1, -0.05) is 49.7 Å². The van der Waals surface area contributed by atoms with Crippen LogP contribution in [0.15, 0.2) is 64.8 Å². The molecule has 1 saturated carbocycles. The van der Waals surface area contributed by atoms with Crippen LogP contribution in [0.2, 0.25) is 5.02 Å². The largest absolute Gasteiger partial charge is 0.495 e. The van der Waals surface area contributed by atoms with E-state index < -0.39 is 11.8 Å². The molecule has 4 rings (SSSR count). The predicted molar refractivity (Wildman–Crippen MR) is 127 cm³/mol. The van der Waals surface area contributed by atoms with E-state index in [9.17, 15) is 9.59 Å². The quantitative estimate of drug-likeness (QED) is 0.639. The number of hydrogen-bond donors (Lipinski definition) is 1. The number of hydrogen-bond acceptors (Lipinski definition) is 4. The van der Waals surface area contributed by atoms with E-state index >= 15 is 0 Å². The highest BCUT2D eigenvalue weighted by Gasteiger charge is 2.47. The summed E-state index contributed by atoms with van der Waals surface area (Å²) >= 11 is 6.31. The molecule has 1 fully saturated rings. The first-order valence-electron chi connectivity index (χ1n) is 10.7. The highest BCUT2D eigenvalue weighted by Crippen LogP contribution is 2.47. The Morgan fingerprint density at radius 2 is 1.88 bits per heavy atom. The van der Waals surface area contributed by atoms with Crippen LogP contribution in [0.1, 0.15) is 45.1 Å². The fraction of sp³-hybridized carbons (Fsp3) is 0.346. The van der Waals surface area contributed by atoms with Crippen LogP contribution in [0.5, 0.6) is 5.75 Å². The van der Waals surface area contributed by atoms with Gasteiger partial charge < -0.3 is 10.1 Å². The monoisotopic (exact) mass is 450 g/mol. The number of fused-ring (bicyclic) bond motifs is 1. The Kier molecular flexibility index (Phi) is 5.95. The van der Waals surface area contributed by atoms with Crippen molar-refractivity contribution in [1.29, 1.82) is 0 Å². The van der Waals surface area contributed by atoms with E-state index in [-0.39, 0.29) is 17.1 Å². The van der Waals surface area contributed by atoms with Gasteiger partial charge in [0.25, 0.3) is 5.91 Å². The van der Waals surface area contributed by atoms with Crippen molar-refractivity contribution in [1.82, 2.24) is 0 Å². The molecule has 0 unspecified atom stereocenters. The molecule has 6 heteroatoms. The summed E-state index contributed by atoms with van der Waals surface area (Å²) in [5.41, 5.74) is 3.22. The highest BCUT2D eigenvalue weighted by molar-refractivity contribution is 6.30. The maximum Gasteiger partial charge on any atom is 0.254 e. The van der Waals surface area contributed by atoms with Gasteiger partial charge in [0.05, 0.1) is 18.7 Å². The number of carbonyl (C=O) groups excluding carboxylic acids is 2. The Labute approximate surface area is 193 Å². The molecule has 0 bridgehead atoms. The summed E-state index contributed by atoms with van der Waals surface area (Å²) in [4.78, 5) is 31.7. The molecule has 2 atom stereocenters. The number of rotatable bonds is 4. The van der Waals surface area contributed by atoms with Crippen molar-refractivity contribution in [3.63, 3.8) is 0 Å². The lowest BCUT2D eigenvalue weighted by Crippen LogP contribution is -2.44. The van der Waals surface area contributed by atoms with Crippen molar-refractivity contribution < 1.29 is 14.3 Å². The van der Waals surface area contributed by atoms with Crippen LogP contribution < -0.4 is 10.1 Å². The maximum absolute atomic E-state index is 13.6. The summed E-state index contributed by atoms with van der Waals surface area (Å²) in [5, 5.41) is 3.53. The number of aliphatic imine (C=N–C) groups is 1. The number of benzene rings is 2. The number of ketones is 1. The first kappa shape index (κ1) is 22.3. The molecule has 0 aromatic heterocycles. The molecule has 5 nitrogen and oxygen atoms in total. The highest BCUT2D eigenvalue weighted by atomic mass is 35.5. The van der Waals surface area contributed by atoms with Gasteiger partial charge in [-0.15, -0.1) is 0 Å². The second-order valence-corrected chi connectivity index (χ2v) is 9.69. The van der Waals surface area contributed by atoms with Crippen molar-refractivity contribution in [3.05, 3.63) is 70.4 Å². The van der Waals surface area contributed by atoms with E-state index in [1.807, 2.05) is 37.3 Å². The number of nitrogens with one attached hydrogen (secondary N) is 1. The average Bonchev–Trinajstić information content (AvgIpc) is 2.72. The van der Waals surface area contributed by atoms with Crippen LogP contribution >= 0.6 is 11.6 Å². The molecule has 32 heavy (non-hydrogen) atoms. The van der Waals surface area contributed by atoms with Gasteiger partial charge in [0.1, 0.15) is 11.5 Å². The Morgan fingerprint density at radius 1 is 1.12 bits per heavy atom. The van der Waals surface area contributed by atoms with Crippen LogP contribution in [-0.2, 0) is 9.59 Å². The molecular weight excluding hydrogens is 424 g/mol. The number of carbonyl (C=O) groups is 2. The lowest BCUT2D eigenvalue weighted by atomic mass is 9.63. The van der Waals surface area contributed by atoms with Crippen molar-refractivity contribution >= 4 is 34.7 Å². The number of nitrogens with zero attached hydrogens (tertiary/aromatic N) is 1. The zero-order valence-corrected chi connectivity index (χ0v) is 19.5. The number of halogens is 1. The summed E-state index contributed by atoms with van der Waals surface area (Å²) in [5.74, 6) is -0.533. The van der Waals surface area contributed by atoms with Gasteiger partial charge in [0.15, 0.2) is 0 Å². The van der Waals surface area contributed by atoms with Gasteiger partial charge in [0.2, 0.25) is 0 Å². The van der Waals surface area contributed by atoms with Crippen LogP contribution in [-0.4, -0.2) is 24.5 Å². The normalized spacial score (nSPS) is 22.2. The maximum atomic E-state index is 13.6. The first-order chi connectivity index (χ1) is 15.2. The molecule has 0 saturated heterocycles. The molecule has 1 N–H and O–H groups in total. The molecule has 1 amide bonds. The lowest BCUT2D eigenvalue weighted by molar-refractivity contribution is -0.124. The number of anilines is 1. The van der Waals surface area contributed by atoms with Crippen molar-refractivity contribution in [2.45, 2.75) is 39.5 Å². The van der Waals surface area contributed by atoms with Crippen LogP contribution in [0.3, 0.4) is 0 Å². The second kappa shape index (κ2) is 8.55. The van der Waals surface area contributed by atoms with Crippen LogP contribution in [0.4, 0.5) is 5.69 Å². The molecule has 2 aromatic carbocycles. The fourth-order valence-corrected chi connectivity index (χ4v) is 5.09. The fourth-order valence-electron chi connectivity index (χ4n) is 4.89. The number of allylic oxidation sites excluding steroid dienone is 1. The zero-order chi connectivity index (χ0) is 23.0. The van der Waals surface area contributed by atoms with Crippen LogP contribution in [0, 0.1) is 11.3 Å². The Hall–Kier alpha value is -2.92.